The predicted molar refractivity (Wildman–Crippen MR) is 102 cm³/mol. The minimum absolute atomic E-state index is 0.202. The quantitative estimate of drug-likeness (QED) is 0.419. The normalized spacial score (nSPS) is 10.9. The van der Waals surface area contributed by atoms with Crippen LogP contribution in [0.3, 0.4) is 0 Å². The molecule has 0 saturated carbocycles. The molecule has 0 fully saturated rings. The van der Waals surface area contributed by atoms with E-state index >= 15 is 0 Å². The maximum atomic E-state index is 13.4. The van der Waals surface area contributed by atoms with E-state index in [0.717, 1.165) is 20.3 Å². The summed E-state index contributed by atoms with van der Waals surface area (Å²) in [4.78, 5) is 35.5. The van der Waals surface area contributed by atoms with Crippen LogP contribution in [0.4, 0.5) is 20.2 Å². The van der Waals surface area contributed by atoms with Crippen molar-refractivity contribution in [2.75, 3.05) is 24.9 Å². The number of rotatable bonds is 6. The molecule has 7 nitrogen and oxygen atoms in total. The number of carbonyl (C=O) groups is 3. The Morgan fingerprint density at radius 1 is 0.966 bits per heavy atom. The van der Waals surface area contributed by atoms with E-state index < -0.39 is 29.5 Å². The summed E-state index contributed by atoms with van der Waals surface area (Å²) in [5, 5.41) is 4.89. The van der Waals surface area contributed by atoms with E-state index in [9.17, 15) is 23.2 Å². The van der Waals surface area contributed by atoms with Gasteiger partial charge in [-0.05, 0) is 30.3 Å². The van der Waals surface area contributed by atoms with Crippen molar-refractivity contribution in [1.82, 2.24) is 0 Å². The van der Waals surface area contributed by atoms with Gasteiger partial charge in [0.05, 0.1) is 30.9 Å². The zero-order chi connectivity index (χ0) is 21.6. The highest BCUT2D eigenvalue weighted by Gasteiger charge is 2.16. The summed E-state index contributed by atoms with van der Waals surface area (Å²) >= 11 is 5.79. The molecule has 2 aromatic carbocycles. The van der Waals surface area contributed by atoms with Gasteiger partial charge in [-0.3, -0.25) is 4.79 Å². The van der Waals surface area contributed by atoms with Crippen molar-refractivity contribution in [3.63, 3.8) is 0 Å². The number of carbonyl (C=O) groups excluding carboxylic acids is 3. The largest absolute Gasteiger partial charge is 0.466 e. The maximum Gasteiger partial charge on any atom is 0.354 e. The van der Waals surface area contributed by atoms with Crippen LogP contribution in [-0.2, 0) is 19.1 Å². The van der Waals surface area contributed by atoms with Gasteiger partial charge in [0.2, 0.25) is 0 Å². The van der Waals surface area contributed by atoms with Gasteiger partial charge in [0, 0.05) is 11.4 Å². The van der Waals surface area contributed by atoms with E-state index in [1.807, 2.05) is 0 Å². The van der Waals surface area contributed by atoms with E-state index in [0.29, 0.717) is 17.8 Å². The summed E-state index contributed by atoms with van der Waals surface area (Å²) in [6.07, 6.45) is 0.901. The second-order valence-electron chi connectivity index (χ2n) is 5.48. The molecular weight excluding hydrogens is 410 g/mol. The lowest BCUT2D eigenvalue weighted by Gasteiger charge is -2.12. The van der Waals surface area contributed by atoms with Gasteiger partial charge in [-0.1, -0.05) is 17.7 Å². The second kappa shape index (κ2) is 9.65. The van der Waals surface area contributed by atoms with Gasteiger partial charge in [-0.2, -0.15) is 0 Å². The van der Waals surface area contributed by atoms with Crippen molar-refractivity contribution in [3.8, 4) is 0 Å². The average Bonchev–Trinajstić information content (AvgIpc) is 2.69. The molecular formula is C19H15ClF2N2O5. The molecule has 2 rings (SSSR count). The summed E-state index contributed by atoms with van der Waals surface area (Å²) in [5.74, 6) is -4.77. The molecule has 10 heteroatoms. The number of anilines is 2. The molecule has 0 aliphatic heterocycles. The molecule has 0 atom stereocenters. The summed E-state index contributed by atoms with van der Waals surface area (Å²) in [6.45, 7) is 0. The van der Waals surface area contributed by atoms with Crippen LogP contribution in [0.25, 0.3) is 0 Å². The molecule has 0 aromatic heterocycles. The number of esters is 2. The van der Waals surface area contributed by atoms with Crippen LogP contribution in [0.15, 0.2) is 48.2 Å². The van der Waals surface area contributed by atoms with E-state index in [1.165, 1.54) is 18.2 Å². The number of halogens is 3. The minimum atomic E-state index is -1.22. The second-order valence-corrected chi connectivity index (χ2v) is 5.89. The van der Waals surface area contributed by atoms with E-state index in [4.69, 9.17) is 11.6 Å². The number of ether oxygens (including phenoxy) is 2. The van der Waals surface area contributed by atoms with Gasteiger partial charge >= 0.3 is 11.9 Å². The van der Waals surface area contributed by atoms with E-state index in [2.05, 4.69) is 20.1 Å². The predicted octanol–water partition coefficient (Wildman–Crippen LogP) is 3.51. The highest BCUT2D eigenvalue weighted by Crippen LogP contribution is 2.23. The molecule has 152 valence electrons. The SMILES string of the molecule is COC(=O)/C=C(/Nc1cccc(NC(=O)c2cc(F)c(F)cc2Cl)c1)C(=O)OC. The first kappa shape index (κ1) is 21.8. The molecule has 0 bridgehead atoms. The number of methoxy groups -OCH3 is 2. The first-order valence-electron chi connectivity index (χ1n) is 7.96. The summed E-state index contributed by atoms with van der Waals surface area (Å²) in [6, 6.07) is 7.41. The van der Waals surface area contributed by atoms with Crippen LogP contribution in [-0.4, -0.2) is 32.1 Å². The fourth-order valence-electron chi connectivity index (χ4n) is 2.16. The molecule has 2 N–H and O–H groups in total. The van der Waals surface area contributed by atoms with Crippen molar-refractivity contribution >= 4 is 40.8 Å². The highest BCUT2D eigenvalue weighted by atomic mass is 35.5. The van der Waals surface area contributed by atoms with Crippen molar-refractivity contribution < 1.29 is 32.6 Å². The van der Waals surface area contributed by atoms with Crippen LogP contribution in [0.2, 0.25) is 5.02 Å². The van der Waals surface area contributed by atoms with Crippen LogP contribution in [0.5, 0.6) is 0 Å². The van der Waals surface area contributed by atoms with Gasteiger partial charge in [0.15, 0.2) is 11.6 Å². The smallest absolute Gasteiger partial charge is 0.354 e. The lowest BCUT2D eigenvalue weighted by Crippen LogP contribution is -2.16. The van der Waals surface area contributed by atoms with Crippen molar-refractivity contribution in [1.29, 1.82) is 0 Å². The third kappa shape index (κ3) is 5.76. The number of hydrogen-bond donors (Lipinski definition) is 2. The van der Waals surface area contributed by atoms with E-state index in [-0.39, 0.29) is 22.0 Å². The summed E-state index contributed by atoms with van der Waals surface area (Å²) < 4.78 is 35.6. The molecule has 0 saturated heterocycles. The molecule has 29 heavy (non-hydrogen) atoms. The first-order valence-corrected chi connectivity index (χ1v) is 8.34. The number of benzene rings is 2. The number of amides is 1. The fourth-order valence-corrected chi connectivity index (χ4v) is 2.39. The highest BCUT2D eigenvalue weighted by molar-refractivity contribution is 6.34. The number of nitrogens with one attached hydrogen (secondary N) is 2. The fraction of sp³-hybridized carbons (Fsp3) is 0.105. The number of hydrogen-bond acceptors (Lipinski definition) is 6. The van der Waals surface area contributed by atoms with Gasteiger partial charge in [-0.15, -0.1) is 0 Å². The zero-order valence-corrected chi connectivity index (χ0v) is 16.0. The Kier molecular flexibility index (Phi) is 7.27. The van der Waals surface area contributed by atoms with Crippen LogP contribution in [0.1, 0.15) is 10.4 Å². The van der Waals surface area contributed by atoms with Gasteiger partial charge in [0.1, 0.15) is 5.70 Å². The minimum Gasteiger partial charge on any atom is -0.466 e. The molecule has 0 spiro atoms. The van der Waals surface area contributed by atoms with Crippen LogP contribution < -0.4 is 10.6 Å². The van der Waals surface area contributed by atoms with Crippen molar-refractivity contribution in [2.45, 2.75) is 0 Å². The summed E-state index contributed by atoms with van der Waals surface area (Å²) in [5.41, 5.74) is 0.110. The van der Waals surface area contributed by atoms with Gasteiger partial charge < -0.3 is 20.1 Å². The molecule has 2 aromatic rings. The molecule has 1 amide bonds. The van der Waals surface area contributed by atoms with E-state index in [1.54, 1.807) is 6.07 Å². The molecule has 0 heterocycles. The average molecular weight is 425 g/mol. The zero-order valence-electron chi connectivity index (χ0n) is 15.2. The Morgan fingerprint density at radius 3 is 2.21 bits per heavy atom. The third-order valence-electron chi connectivity index (χ3n) is 3.52. The van der Waals surface area contributed by atoms with Crippen molar-refractivity contribution in [3.05, 3.63) is 70.4 Å². The Labute approximate surface area is 169 Å². The van der Waals surface area contributed by atoms with Crippen LogP contribution >= 0.6 is 11.6 Å². The topological polar surface area (TPSA) is 93.7 Å². The monoisotopic (exact) mass is 424 g/mol. The van der Waals surface area contributed by atoms with Gasteiger partial charge in [-0.25, -0.2) is 18.4 Å². The Morgan fingerprint density at radius 2 is 1.59 bits per heavy atom. The Bertz CT molecular complexity index is 995. The summed E-state index contributed by atoms with van der Waals surface area (Å²) in [7, 11) is 2.28. The lowest BCUT2D eigenvalue weighted by atomic mass is 10.2. The molecule has 0 aliphatic carbocycles. The van der Waals surface area contributed by atoms with Crippen LogP contribution in [0, 0.1) is 11.6 Å². The van der Waals surface area contributed by atoms with Crippen molar-refractivity contribution in [2.24, 2.45) is 0 Å². The first-order chi connectivity index (χ1) is 13.7. The molecule has 0 radical (unpaired) electrons. The Balaban J connectivity index is 2.24. The van der Waals surface area contributed by atoms with Gasteiger partial charge in [0.25, 0.3) is 5.91 Å². The molecule has 0 aliphatic rings. The third-order valence-corrected chi connectivity index (χ3v) is 3.84. The Hall–Kier alpha value is -3.46. The standard InChI is InChI=1S/C19H15ClF2N2O5/c1-28-17(25)9-16(19(27)29-2)23-10-4-3-5-11(6-10)24-18(26)12-7-14(21)15(22)8-13(12)20/h3-9,23H,1-2H3,(H,24,26)/b16-9+. The maximum absolute atomic E-state index is 13.4. The molecule has 0 unspecified atom stereocenters. The lowest BCUT2D eigenvalue weighted by molar-refractivity contribution is -0.138.